The van der Waals surface area contributed by atoms with E-state index in [2.05, 4.69) is 20.5 Å². The number of aryl methyl sites for hydroxylation is 1. The van der Waals surface area contributed by atoms with E-state index >= 15 is 0 Å². The molecule has 2 aromatic heterocycles. The summed E-state index contributed by atoms with van der Waals surface area (Å²) in [7, 11) is 1.63. The van der Waals surface area contributed by atoms with E-state index in [0.29, 0.717) is 34.7 Å². The molecule has 114 valence electrons. The first-order chi connectivity index (χ1) is 10.0. The summed E-state index contributed by atoms with van der Waals surface area (Å²) in [6.07, 6.45) is 1.62. The number of nitrogens with zero attached hydrogens (tertiary/aromatic N) is 4. The largest absolute Gasteiger partial charge is 0.383 e. The molecule has 0 aliphatic rings. The van der Waals surface area contributed by atoms with Gasteiger partial charge in [0.05, 0.1) is 18.3 Å². The highest BCUT2D eigenvalue weighted by Crippen LogP contribution is 2.20. The molecule has 2 rings (SSSR count). The lowest BCUT2D eigenvalue weighted by molar-refractivity contribution is 0.0940. The zero-order valence-corrected chi connectivity index (χ0v) is 13.0. The SMILES string of the molecule is COCCn1cnnc1C(C)NC(=O)c1sc(N)nc1C. The average molecular weight is 310 g/mol. The van der Waals surface area contributed by atoms with Gasteiger partial charge in [-0.15, -0.1) is 10.2 Å². The van der Waals surface area contributed by atoms with Crippen LogP contribution < -0.4 is 11.1 Å². The van der Waals surface area contributed by atoms with Gasteiger partial charge in [0, 0.05) is 13.7 Å². The highest BCUT2D eigenvalue weighted by molar-refractivity contribution is 7.17. The van der Waals surface area contributed by atoms with Crippen LogP contribution in [0, 0.1) is 6.92 Å². The number of thiazole rings is 1. The fraction of sp³-hybridized carbons (Fsp3) is 0.500. The summed E-state index contributed by atoms with van der Waals surface area (Å²) in [6, 6.07) is -0.278. The first kappa shape index (κ1) is 15.4. The smallest absolute Gasteiger partial charge is 0.263 e. The van der Waals surface area contributed by atoms with E-state index < -0.39 is 0 Å². The molecule has 8 nitrogen and oxygen atoms in total. The molecule has 0 radical (unpaired) electrons. The number of methoxy groups -OCH3 is 1. The average Bonchev–Trinajstić information content (AvgIpc) is 3.02. The summed E-state index contributed by atoms with van der Waals surface area (Å²) in [5.74, 6) is 0.464. The van der Waals surface area contributed by atoms with Crippen molar-refractivity contribution in [1.29, 1.82) is 0 Å². The van der Waals surface area contributed by atoms with Crippen LogP contribution in [0.3, 0.4) is 0 Å². The maximum Gasteiger partial charge on any atom is 0.263 e. The van der Waals surface area contributed by atoms with E-state index in [1.54, 1.807) is 20.4 Å². The second-order valence-electron chi connectivity index (χ2n) is 4.54. The molecule has 1 atom stereocenters. The van der Waals surface area contributed by atoms with Crippen molar-refractivity contribution in [1.82, 2.24) is 25.1 Å². The van der Waals surface area contributed by atoms with Gasteiger partial charge in [0.25, 0.3) is 5.91 Å². The number of nitrogens with two attached hydrogens (primary N) is 1. The van der Waals surface area contributed by atoms with Crippen LogP contribution in [0.2, 0.25) is 0 Å². The van der Waals surface area contributed by atoms with Crippen molar-refractivity contribution in [3.8, 4) is 0 Å². The maximum absolute atomic E-state index is 12.2. The number of hydrogen-bond donors (Lipinski definition) is 2. The zero-order chi connectivity index (χ0) is 15.4. The second-order valence-corrected chi connectivity index (χ2v) is 5.57. The molecular weight excluding hydrogens is 292 g/mol. The fourth-order valence-corrected chi connectivity index (χ4v) is 2.65. The molecule has 0 spiro atoms. The van der Waals surface area contributed by atoms with Crippen LogP contribution in [0.5, 0.6) is 0 Å². The van der Waals surface area contributed by atoms with Crippen LogP contribution in [0.15, 0.2) is 6.33 Å². The van der Waals surface area contributed by atoms with Gasteiger partial charge in [-0.3, -0.25) is 4.79 Å². The Balaban J connectivity index is 2.07. The summed E-state index contributed by atoms with van der Waals surface area (Å²) >= 11 is 1.17. The number of amides is 1. The molecule has 0 fully saturated rings. The number of aromatic nitrogens is 4. The van der Waals surface area contributed by atoms with Crippen LogP contribution >= 0.6 is 11.3 Å². The van der Waals surface area contributed by atoms with Crippen molar-refractivity contribution >= 4 is 22.4 Å². The molecule has 0 saturated heterocycles. The predicted molar refractivity (Wildman–Crippen MR) is 79.0 cm³/mol. The minimum absolute atomic E-state index is 0.213. The quantitative estimate of drug-likeness (QED) is 0.815. The van der Waals surface area contributed by atoms with Crippen LogP contribution in [0.4, 0.5) is 5.13 Å². The van der Waals surface area contributed by atoms with E-state index in [9.17, 15) is 4.79 Å². The normalized spacial score (nSPS) is 12.3. The summed E-state index contributed by atoms with van der Waals surface area (Å²) in [6.45, 7) is 4.79. The van der Waals surface area contributed by atoms with Crippen molar-refractivity contribution in [2.75, 3.05) is 19.5 Å². The Labute approximate surface area is 126 Å². The van der Waals surface area contributed by atoms with E-state index in [-0.39, 0.29) is 11.9 Å². The van der Waals surface area contributed by atoms with Gasteiger partial charge in [-0.1, -0.05) is 11.3 Å². The van der Waals surface area contributed by atoms with Crippen LogP contribution in [-0.2, 0) is 11.3 Å². The van der Waals surface area contributed by atoms with Crippen molar-refractivity contribution in [3.05, 3.63) is 22.7 Å². The molecule has 0 bridgehead atoms. The summed E-state index contributed by atoms with van der Waals surface area (Å²) in [5, 5.41) is 11.2. The van der Waals surface area contributed by atoms with E-state index in [4.69, 9.17) is 10.5 Å². The van der Waals surface area contributed by atoms with Crippen molar-refractivity contribution < 1.29 is 9.53 Å². The molecule has 3 N–H and O–H groups in total. The molecule has 0 aromatic carbocycles. The third-order valence-electron chi connectivity index (χ3n) is 2.94. The number of hydrogen-bond acceptors (Lipinski definition) is 7. The van der Waals surface area contributed by atoms with Crippen LogP contribution in [-0.4, -0.2) is 39.4 Å². The molecular formula is C12H18N6O2S. The molecule has 0 aliphatic carbocycles. The van der Waals surface area contributed by atoms with Gasteiger partial charge in [0.1, 0.15) is 11.2 Å². The third-order valence-corrected chi connectivity index (χ3v) is 3.92. The number of carbonyl (C=O) groups excluding carboxylic acids is 1. The summed E-state index contributed by atoms with van der Waals surface area (Å²) in [4.78, 5) is 16.8. The van der Waals surface area contributed by atoms with Gasteiger partial charge in [-0.25, -0.2) is 4.98 Å². The first-order valence-electron chi connectivity index (χ1n) is 6.43. The van der Waals surface area contributed by atoms with Crippen molar-refractivity contribution in [2.24, 2.45) is 0 Å². The molecule has 9 heteroatoms. The predicted octanol–water partition coefficient (Wildman–Crippen LogP) is 0.763. The van der Waals surface area contributed by atoms with Gasteiger partial charge in [-0.2, -0.15) is 0 Å². The first-order valence-corrected chi connectivity index (χ1v) is 7.25. The molecule has 21 heavy (non-hydrogen) atoms. The standard InChI is InChI=1S/C12H18N6O2S/c1-7-9(21-12(13)16-7)11(19)15-8(2)10-17-14-6-18(10)4-5-20-3/h6,8H,4-5H2,1-3H3,(H2,13,16)(H,15,19). The molecule has 0 saturated carbocycles. The number of rotatable bonds is 6. The van der Waals surface area contributed by atoms with Crippen molar-refractivity contribution in [2.45, 2.75) is 26.4 Å². The highest BCUT2D eigenvalue weighted by atomic mass is 32.1. The lowest BCUT2D eigenvalue weighted by Crippen LogP contribution is -2.29. The number of nitrogen functional groups attached to an aromatic ring is 1. The lowest BCUT2D eigenvalue weighted by atomic mass is 10.3. The number of ether oxygens (including phenoxy) is 1. The van der Waals surface area contributed by atoms with Gasteiger partial charge >= 0.3 is 0 Å². The molecule has 0 aliphatic heterocycles. The minimum atomic E-state index is -0.278. The maximum atomic E-state index is 12.2. The molecule has 2 heterocycles. The Morgan fingerprint density at radius 3 is 3.00 bits per heavy atom. The van der Waals surface area contributed by atoms with Crippen LogP contribution in [0.25, 0.3) is 0 Å². The lowest BCUT2D eigenvalue weighted by Gasteiger charge is -2.14. The Morgan fingerprint density at radius 2 is 2.38 bits per heavy atom. The fourth-order valence-electron chi connectivity index (χ4n) is 1.92. The third kappa shape index (κ3) is 3.56. The van der Waals surface area contributed by atoms with E-state index in [0.717, 1.165) is 0 Å². The van der Waals surface area contributed by atoms with Crippen LogP contribution in [0.1, 0.15) is 34.2 Å². The topological polar surface area (TPSA) is 108 Å². The van der Waals surface area contributed by atoms with E-state index in [1.807, 2.05) is 11.5 Å². The monoisotopic (exact) mass is 310 g/mol. The second kappa shape index (κ2) is 6.64. The Bertz CT molecular complexity index is 623. The van der Waals surface area contributed by atoms with Gasteiger partial charge in [0.15, 0.2) is 11.0 Å². The number of nitrogens with one attached hydrogen (secondary N) is 1. The van der Waals surface area contributed by atoms with Gasteiger partial charge in [0.2, 0.25) is 0 Å². The van der Waals surface area contributed by atoms with Gasteiger partial charge in [-0.05, 0) is 13.8 Å². The summed E-state index contributed by atoms with van der Waals surface area (Å²) in [5.41, 5.74) is 6.24. The van der Waals surface area contributed by atoms with Gasteiger partial charge < -0.3 is 20.4 Å². The summed E-state index contributed by atoms with van der Waals surface area (Å²) < 4.78 is 6.88. The molecule has 1 unspecified atom stereocenters. The highest BCUT2D eigenvalue weighted by Gasteiger charge is 2.20. The molecule has 2 aromatic rings. The number of carbonyl (C=O) groups is 1. The Hall–Kier alpha value is -2.00. The van der Waals surface area contributed by atoms with E-state index in [1.165, 1.54) is 11.3 Å². The Kier molecular flexibility index (Phi) is 4.86. The zero-order valence-electron chi connectivity index (χ0n) is 12.2. The minimum Gasteiger partial charge on any atom is -0.383 e. The molecule has 1 amide bonds. The van der Waals surface area contributed by atoms with Crippen molar-refractivity contribution in [3.63, 3.8) is 0 Å². The number of anilines is 1. The Morgan fingerprint density at radius 1 is 1.62 bits per heavy atom.